The Kier molecular flexibility index (Phi) is 2.99. The van der Waals surface area contributed by atoms with E-state index in [1.807, 2.05) is 16.7 Å². The first-order valence-electron chi connectivity index (χ1n) is 5.25. The number of hydrogen-bond acceptors (Lipinski definition) is 1. The molecular formula is C13H7ClFIN2. The third kappa shape index (κ3) is 1.89. The number of nitrogens with zero attached hydrogens (tertiary/aromatic N) is 2. The standard InChI is InChI=1S/C13H7ClFIN2/c14-10-2-1-7-18-12(16)11(17-13(10)18)8-3-5-9(15)6-4-8/h1-7H. The number of halogens is 3. The smallest absolute Gasteiger partial charge is 0.157 e. The van der Waals surface area contributed by atoms with Crippen molar-refractivity contribution in [2.24, 2.45) is 0 Å². The van der Waals surface area contributed by atoms with Crippen molar-refractivity contribution in [2.75, 3.05) is 0 Å². The Bertz CT molecular complexity index is 722. The number of imidazole rings is 1. The first-order chi connectivity index (χ1) is 8.66. The Labute approximate surface area is 122 Å². The second-order valence-electron chi connectivity index (χ2n) is 3.81. The molecule has 0 spiro atoms. The minimum Gasteiger partial charge on any atom is -0.293 e. The van der Waals surface area contributed by atoms with E-state index in [-0.39, 0.29) is 5.82 Å². The zero-order valence-electron chi connectivity index (χ0n) is 9.07. The monoisotopic (exact) mass is 372 g/mol. The van der Waals surface area contributed by atoms with Crippen molar-refractivity contribution < 1.29 is 4.39 Å². The van der Waals surface area contributed by atoms with Gasteiger partial charge in [-0.15, -0.1) is 0 Å². The summed E-state index contributed by atoms with van der Waals surface area (Å²) in [5.41, 5.74) is 2.40. The molecular weight excluding hydrogens is 366 g/mol. The van der Waals surface area contributed by atoms with Gasteiger partial charge < -0.3 is 0 Å². The van der Waals surface area contributed by atoms with Crippen LogP contribution in [0.5, 0.6) is 0 Å². The highest BCUT2D eigenvalue weighted by Gasteiger charge is 2.13. The Morgan fingerprint density at radius 2 is 1.89 bits per heavy atom. The van der Waals surface area contributed by atoms with Crippen LogP contribution in [-0.4, -0.2) is 9.38 Å². The first-order valence-corrected chi connectivity index (χ1v) is 6.70. The highest BCUT2D eigenvalue weighted by atomic mass is 127. The molecule has 3 aromatic rings. The van der Waals surface area contributed by atoms with Crippen molar-refractivity contribution in [3.05, 3.63) is 57.1 Å². The van der Waals surface area contributed by atoms with Crippen LogP contribution >= 0.6 is 34.2 Å². The number of fused-ring (bicyclic) bond motifs is 1. The van der Waals surface area contributed by atoms with Gasteiger partial charge in [-0.1, -0.05) is 11.6 Å². The normalized spacial score (nSPS) is 11.1. The highest BCUT2D eigenvalue weighted by Crippen LogP contribution is 2.28. The largest absolute Gasteiger partial charge is 0.293 e. The molecule has 0 saturated heterocycles. The fourth-order valence-corrected chi connectivity index (χ4v) is 2.82. The van der Waals surface area contributed by atoms with E-state index in [0.29, 0.717) is 10.7 Å². The minimum absolute atomic E-state index is 0.254. The molecule has 0 unspecified atom stereocenters. The first kappa shape index (κ1) is 11.9. The summed E-state index contributed by atoms with van der Waals surface area (Å²) in [5.74, 6) is -0.254. The molecule has 2 nitrogen and oxygen atoms in total. The fourth-order valence-electron chi connectivity index (χ4n) is 1.80. The maximum absolute atomic E-state index is 12.9. The zero-order chi connectivity index (χ0) is 12.7. The van der Waals surface area contributed by atoms with Crippen LogP contribution in [0.1, 0.15) is 0 Å². The maximum Gasteiger partial charge on any atom is 0.157 e. The summed E-state index contributed by atoms with van der Waals surface area (Å²) >= 11 is 8.32. The van der Waals surface area contributed by atoms with Gasteiger partial charge in [0, 0.05) is 11.8 Å². The summed E-state index contributed by atoms with van der Waals surface area (Å²) in [6.07, 6.45) is 1.91. The zero-order valence-corrected chi connectivity index (χ0v) is 12.0. The lowest BCUT2D eigenvalue weighted by Crippen LogP contribution is -1.86. The van der Waals surface area contributed by atoms with E-state index >= 15 is 0 Å². The van der Waals surface area contributed by atoms with Gasteiger partial charge in [0.05, 0.1) is 5.02 Å². The molecule has 0 fully saturated rings. The summed E-state index contributed by atoms with van der Waals surface area (Å²) in [4.78, 5) is 4.51. The second kappa shape index (κ2) is 4.51. The van der Waals surface area contributed by atoms with Crippen LogP contribution in [0.4, 0.5) is 4.39 Å². The predicted octanol–water partition coefficient (Wildman–Crippen LogP) is 4.40. The summed E-state index contributed by atoms with van der Waals surface area (Å²) < 4.78 is 15.8. The number of hydrogen-bond donors (Lipinski definition) is 0. The van der Waals surface area contributed by atoms with Crippen molar-refractivity contribution in [3.63, 3.8) is 0 Å². The third-order valence-electron chi connectivity index (χ3n) is 2.66. The van der Waals surface area contributed by atoms with Gasteiger partial charge >= 0.3 is 0 Å². The maximum atomic E-state index is 12.9. The Morgan fingerprint density at radius 1 is 1.17 bits per heavy atom. The molecule has 0 bridgehead atoms. The summed E-state index contributed by atoms with van der Waals surface area (Å²) in [7, 11) is 0. The molecule has 0 radical (unpaired) electrons. The van der Waals surface area contributed by atoms with Gasteiger partial charge in [0.1, 0.15) is 15.2 Å². The average molecular weight is 373 g/mol. The van der Waals surface area contributed by atoms with Crippen molar-refractivity contribution in [1.82, 2.24) is 9.38 Å². The molecule has 1 aromatic carbocycles. The SMILES string of the molecule is Fc1ccc(-c2nc3c(Cl)cccn3c2I)cc1. The molecule has 2 heterocycles. The van der Waals surface area contributed by atoms with Crippen molar-refractivity contribution in [2.45, 2.75) is 0 Å². The van der Waals surface area contributed by atoms with Crippen molar-refractivity contribution in [1.29, 1.82) is 0 Å². The molecule has 3 rings (SSSR count). The Morgan fingerprint density at radius 3 is 2.56 bits per heavy atom. The predicted molar refractivity (Wildman–Crippen MR) is 78.3 cm³/mol. The van der Waals surface area contributed by atoms with Gasteiger partial charge in [-0.05, 0) is 59.0 Å². The third-order valence-corrected chi connectivity index (χ3v) is 3.99. The van der Waals surface area contributed by atoms with E-state index in [4.69, 9.17) is 11.6 Å². The van der Waals surface area contributed by atoms with E-state index in [2.05, 4.69) is 27.6 Å². The van der Waals surface area contributed by atoms with Gasteiger partial charge in [0.2, 0.25) is 0 Å². The molecule has 0 amide bonds. The van der Waals surface area contributed by atoms with E-state index in [1.54, 1.807) is 18.2 Å². The van der Waals surface area contributed by atoms with E-state index in [9.17, 15) is 4.39 Å². The molecule has 0 saturated carbocycles. The van der Waals surface area contributed by atoms with Crippen LogP contribution < -0.4 is 0 Å². The number of pyridine rings is 1. The van der Waals surface area contributed by atoms with Crippen LogP contribution in [-0.2, 0) is 0 Å². The van der Waals surface area contributed by atoms with Gasteiger partial charge in [-0.2, -0.15) is 0 Å². The lowest BCUT2D eigenvalue weighted by Gasteiger charge is -1.98. The molecule has 0 atom stereocenters. The lowest BCUT2D eigenvalue weighted by molar-refractivity contribution is 0.628. The fraction of sp³-hybridized carbons (Fsp3) is 0. The summed E-state index contributed by atoms with van der Waals surface area (Å²) in [5, 5.41) is 0.601. The van der Waals surface area contributed by atoms with Crippen LogP contribution in [0.25, 0.3) is 16.9 Å². The molecule has 0 N–H and O–H groups in total. The quantitative estimate of drug-likeness (QED) is 0.579. The Balaban J connectivity index is 2.27. The molecule has 0 aliphatic heterocycles. The molecule has 2 aromatic heterocycles. The number of benzene rings is 1. The van der Waals surface area contributed by atoms with E-state index < -0.39 is 0 Å². The second-order valence-corrected chi connectivity index (χ2v) is 5.24. The summed E-state index contributed by atoms with van der Waals surface area (Å²) in [6, 6.07) is 9.95. The van der Waals surface area contributed by atoms with E-state index in [1.165, 1.54) is 12.1 Å². The van der Waals surface area contributed by atoms with Gasteiger partial charge in [0.15, 0.2) is 5.65 Å². The lowest BCUT2D eigenvalue weighted by atomic mass is 10.2. The topological polar surface area (TPSA) is 17.3 Å². The van der Waals surface area contributed by atoms with Crippen LogP contribution in [0.2, 0.25) is 5.02 Å². The van der Waals surface area contributed by atoms with Crippen LogP contribution in [0.15, 0.2) is 42.6 Å². The molecule has 0 aliphatic carbocycles. The molecule has 0 aliphatic rings. The van der Waals surface area contributed by atoms with E-state index in [0.717, 1.165) is 15.0 Å². The number of aromatic nitrogens is 2. The van der Waals surface area contributed by atoms with Crippen LogP contribution in [0.3, 0.4) is 0 Å². The number of rotatable bonds is 1. The highest BCUT2D eigenvalue weighted by molar-refractivity contribution is 14.1. The molecule has 90 valence electrons. The minimum atomic E-state index is -0.254. The van der Waals surface area contributed by atoms with Gasteiger partial charge in [-0.25, -0.2) is 9.37 Å². The molecule has 18 heavy (non-hydrogen) atoms. The molecule has 5 heteroatoms. The average Bonchev–Trinajstić information content (AvgIpc) is 2.70. The van der Waals surface area contributed by atoms with Gasteiger partial charge in [-0.3, -0.25) is 4.40 Å². The van der Waals surface area contributed by atoms with Crippen molar-refractivity contribution in [3.8, 4) is 11.3 Å². The Hall–Kier alpha value is -1.14. The van der Waals surface area contributed by atoms with Crippen LogP contribution in [0, 0.1) is 9.52 Å². The van der Waals surface area contributed by atoms with Gasteiger partial charge in [0.25, 0.3) is 0 Å². The van der Waals surface area contributed by atoms with Crippen molar-refractivity contribution >= 4 is 39.8 Å². The summed E-state index contributed by atoms with van der Waals surface area (Å²) in [6.45, 7) is 0.